The van der Waals surface area contributed by atoms with Crippen LogP contribution in [0, 0.1) is 11.3 Å². The maximum atomic E-state index is 9.26. The molecule has 0 aliphatic rings. The molecule has 0 fully saturated rings. The minimum Gasteiger partial charge on any atom is -0.360 e. The van der Waals surface area contributed by atoms with Gasteiger partial charge in [-0.15, -0.1) is 0 Å². The number of aromatic nitrogens is 3. The molecule has 0 saturated carbocycles. The molecule has 4 nitrogen and oxygen atoms in total. The van der Waals surface area contributed by atoms with Gasteiger partial charge in [0, 0.05) is 33.4 Å². The van der Waals surface area contributed by atoms with E-state index in [4.69, 9.17) is 4.98 Å². The summed E-state index contributed by atoms with van der Waals surface area (Å²) in [6, 6.07) is 24.7. The van der Waals surface area contributed by atoms with Crippen molar-refractivity contribution >= 4 is 43.5 Å². The number of fused-ring (bicyclic) bond motifs is 7. The van der Waals surface area contributed by atoms with Gasteiger partial charge in [-0.1, -0.05) is 48.5 Å². The van der Waals surface area contributed by atoms with E-state index in [9.17, 15) is 5.26 Å². The molecule has 2 aromatic heterocycles. The summed E-state index contributed by atoms with van der Waals surface area (Å²) in [4.78, 5) is 11.8. The van der Waals surface area contributed by atoms with Crippen LogP contribution in [0.5, 0.6) is 0 Å². The van der Waals surface area contributed by atoms with Crippen LogP contribution in [0.15, 0.2) is 72.9 Å². The third-order valence-electron chi connectivity index (χ3n) is 5.44. The Kier molecular flexibility index (Phi) is 2.92. The Balaban J connectivity index is 1.74. The molecule has 0 unspecified atom stereocenters. The summed E-state index contributed by atoms with van der Waals surface area (Å²) >= 11 is 0. The van der Waals surface area contributed by atoms with Crippen LogP contribution in [0.3, 0.4) is 0 Å². The fourth-order valence-electron chi connectivity index (χ4n) is 4.14. The highest BCUT2D eigenvalue weighted by Gasteiger charge is 2.15. The molecule has 4 aromatic carbocycles. The first-order valence-electron chi connectivity index (χ1n) is 9.14. The number of H-pyrrole nitrogens is 2. The van der Waals surface area contributed by atoms with Gasteiger partial charge in [0.1, 0.15) is 5.82 Å². The SMILES string of the molecule is N#Cc1ccc2[nH]cc(-c3nc4c5ccccc5c5ccccc5c4[nH]3)c2c1. The van der Waals surface area contributed by atoms with E-state index < -0.39 is 0 Å². The lowest BCUT2D eigenvalue weighted by Gasteiger charge is -2.05. The zero-order valence-electron chi connectivity index (χ0n) is 14.8. The molecule has 0 spiro atoms. The lowest BCUT2D eigenvalue weighted by molar-refractivity contribution is 1.34. The first-order valence-corrected chi connectivity index (χ1v) is 9.14. The van der Waals surface area contributed by atoms with E-state index in [2.05, 4.69) is 64.6 Å². The van der Waals surface area contributed by atoms with E-state index in [0.717, 1.165) is 44.1 Å². The van der Waals surface area contributed by atoms with Gasteiger partial charge in [0.25, 0.3) is 0 Å². The number of benzene rings is 4. The van der Waals surface area contributed by atoms with E-state index in [-0.39, 0.29) is 0 Å². The summed E-state index contributed by atoms with van der Waals surface area (Å²) in [5, 5.41) is 15.0. The van der Waals surface area contributed by atoms with Crippen molar-refractivity contribution in [3.05, 3.63) is 78.5 Å². The third-order valence-corrected chi connectivity index (χ3v) is 5.44. The highest BCUT2D eigenvalue weighted by atomic mass is 14.9. The molecule has 6 aromatic rings. The second-order valence-corrected chi connectivity index (χ2v) is 6.97. The van der Waals surface area contributed by atoms with Crippen molar-refractivity contribution in [3.8, 4) is 17.5 Å². The molecule has 0 bridgehead atoms. The molecular weight excluding hydrogens is 344 g/mol. The van der Waals surface area contributed by atoms with E-state index in [1.54, 1.807) is 0 Å². The first kappa shape index (κ1) is 15.0. The average molecular weight is 358 g/mol. The van der Waals surface area contributed by atoms with E-state index in [0.29, 0.717) is 5.56 Å². The molecule has 28 heavy (non-hydrogen) atoms. The Morgan fingerprint density at radius 1 is 0.786 bits per heavy atom. The summed E-state index contributed by atoms with van der Waals surface area (Å²) in [5.41, 5.74) is 4.60. The molecule has 2 heterocycles. The number of imidazole rings is 1. The molecule has 130 valence electrons. The molecule has 0 saturated heterocycles. The second kappa shape index (κ2) is 5.45. The third kappa shape index (κ3) is 1.96. The fourth-order valence-corrected chi connectivity index (χ4v) is 4.14. The van der Waals surface area contributed by atoms with Crippen molar-refractivity contribution in [2.24, 2.45) is 0 Å². The molecular formula is C24H14N4. The number of nitrogens with zero attached hydrogens (tertiary/aromatic N) is 2. The van der Waals surface area contributed by atoms with Gasteiger partial charge in [-0.3, -0.25) is 0 Å². The molecule has 0 atom stereocenters. The van der Waals surface area contributed by atoms with Crippen LogP contribution >= 0.6 is 0 Å². The largest absolute Gasteiger partial charge is 0.360 e. The zero-order valence-corrected chi connectivity index (χ0v) is 14.8. The molecule has 4 heteroatoms. The van der Waals surface area contributed by atoms with E-state index in [1.807, 2.05) is 24.4 Å². The van der Waals surface area contributed by atoms with Crippen molar-refractivity contribution in [3.63, 3.8) is 0 Å². The molecule has 0 amide bonds. The maximum absolute atomic E-state index is 9.26. The van der Waals surface area contributed by atoms with Crippen molar-refractivity contribution in [1.29, 1.82) is 5.26 Å². The number of hydrogen-bond acceptors (Lipinski definition) is 2. The van der Waals surface area contributed by atoms with Gasteiger partial charge in [0.15, 0.2) is 0 Å². The summed E-state index contributed by atoms with van der Waals surface area (Å²) < 4.78 is 0. The van der Waals surface area contributed by atoms with Crippen molar-refractivity contribution in [2.45, 2.75) is 0 Å². The quantitative estimate of drug-likeness (QED) is 0.360. The lowest BCUT2D eigenvalue weighted by Crippen LogP contribution is -1.81. The Hall–Kier alpha value is -4.10. The van der Waals surface area contributed by atoms with Crippen LogP contribution in [0.1, 0.15) is 5.56 Å². The standard InChI is InChI=1S/C24H14N4/c25-12-14-9-10-21-19(11-14)20(13-26-21)24-27-22-17-7-3-1-5-15(17)16-6-2-4-8-18(16)23(22)28-24/h1-11,13,26H,(H,27,28). The van der Waals surface area contributed by atoms with E-state index >= 15 is 0 Å². The van der Waals surface area contributed by atoms with Crippen molar-refractivity contribution in [2.75, 3.05) is 0 Å². The number of aromatic amines is 2. The normalized spacial score (nSPS) is 11.5. The highest BCUT2D eigenvalue weighted by molar-refractivity contribution is 6.23. The molecule has 6 rings (SSSR count). The Labute approximate surface area is 160 Å². The molecule has 0 aliphatic carbocycles. The number of nitriles is 1. The van der Waals surface area contributed by atoms with Crippen molar-refractivity contribution < 1.29 is 0 Å². The average Bonchev–Trinajstić information content (AvgIpc) is 3.38. The minimum atomic E-state index is 0.639. The summed E-state index contributed by atoms with van der Waals surface area (Å²) in [6.07, 6.45) is 1.95. The highest BCUT2D eigenvalue weighted by Crippen LogP contribution is 2.36. The summed E-state index contributed by atoms with van der Waals surface area (Å²) in [7, 11) is 0. The Morgan fingerprint density at radius 2 is 1.50 bits per heavy atom. The zero-order chi connectivity index (χ0) is 18.7. The Morgan fingerprint density at radius 3 is 2.29 bits per heavy atom. The van der Waals surface area contributed by atoms with Gasteiger partial charge < -0.3 is 9.97 Å². The van der Waals surface area contributed by atoms with E-state index in [1.165, 1.54) is 10.8 Å². The van der Waals surface area contributed by atoms with Crippen LogP contribution in [0.4, 0.5) is 0 Å². The monoisotopic (exact) mass is 358 g/mol. The van der Waals surface area contributed by atoms with Crippen LogP contribution in [0.2, 0.25) is 0 Å². The number of nitrogens with one attached hydrogen (secondary N) is 2. The second-order valence-electron chi connectivity index (χ2n) is 6.97. The number of rotatable bonds is 1. The summed E-state index contributed by atoms with van der Waals surface area (Å²) in [5.74, 6) is 0.804. The van der Waals surface area contributed by atoms with Gasteiger partial charge in [-0.25, -0.2) is 4.98 Å². The van der Waals surface area contributed by atoms with Gasteiger partial charge in [-0.05, 0) is 29.0 Å². The Bertz CT molecular complexity index is 1500. The predicted molar refractivity (Wildman–Crippen MR) is 113 cm³/mol. The van der Waals surface area contributed by atoms with Gasteiger partial charge in [0.05, 0.1) is 22.7 Å². The topological polar surface area (TPSA) is 68.3 Å². The van der Waals surface area contributed by atoms with Crippen molar-refractivity contribution in [1.82, 2.24) is 15.0 Å². The lowest BCUT2D eigenvalue weighted by atomic mass is 10.0. The van der Waals surface area contributed by atoms with Crippen LogP contribution in [0.25, 0.3) is 54.9 Å². The van der Waals surface area contributed by atoms with Gasteiger partial charge in [0.2, 0.25) is 0 Å². The minimum absolute atomic E-state index is 0.639. The fraction of sp³-hybridized carbons (Fsp3) is 0. The molecule has 0 aliphatic heterocycles. The smallest absolute Gasteiger partial charge is 0.140 e. The molecule has 2 N–H and O–H groups in total. The van der Waals surface area contributed by atoms with Gasteiger partial charge >= 0.3 is 0 Å². The van der Waals surface area contributed by atoms with Crippen LogP contribution < -0.4 is 0 Å². The maximum Gasteiger partial charge on any atom is 0.140 e. The van der Waals surface area contributed by atoms with Crippen LogP contribution in [-0.4, -0.2) is 15.0 Å². The molecule has 0 radical (unpaired) electrons. The van der Waals surface area contributed by atoms with Gasteiger partial charge in [-0.2, -0.15) is 5.26 Å². The number of hydrogen-bond donors (Lipinski definition) is 2. The first-order chi connectivity index (χ1) is 13.8. The van der Waals surface area contributed by atoms with Crippen LogP contribution in [-0.2, 0) is 0 Å². The summed E-state index contributed by atoms with van der Waals surface area (Å²) in [6.45, 7) is 0. The predicted octanol–water partition coefficient (Wildman–Crippen LogP) is 5.89.